The second-order valence-electron chi connectivity index (χ2n) is 9.15. The van der Waals surface area contributed by atoms with Crippen LogP contribution in [0.3, 0.4) is 0 Å². The summed E-state index contributed by atoms with van der Waals surface area (Å²) < 4.78 is 0. The Morgan fingerprint density at radius 1 is 1.09 bits per heavy atom. The number of hydrogen-bond donors (Lipinski definition) is 0. The Bertz CT molecular complexity index is 1150. The predicted octanol–water partition coefficient (Wildman–Crippen LogP) is 4.52. The molecule has 33 heavy (non-hydrogen) atoms. The van der Waals surface area contributed by atoms with Crippen molar-refractivity contribution >= 4 is 44.9 Å². The van der Waals surface area contributed by atoms with Crippen molar-refractivity contribution in [2.75, 3.05) is 44.2 Å². The van der Waals surface area contributed by atoms with Crippen LogP contribution < -0.4 is 4.90 Å². The third-order valence-corrected chi connectivity index (χ3v) is 8.42. The number of piperidine rings is 1. The lowest BCUT2D eigenvalue weighted by atomic mass is 9.94. The third-order valence-electron chi connectivity index (χ3n) is 7.07. The molecule has 0 N–H and O–H groups in total. The van der Waals surface area contributed by atoms with E-state index >= 15 is 0 Å². The van der Waals surface area contributed by atoms with Gasteiger partial charge < -0.3 is 9.80 Å². The Morgan fingerprint density at radius 3 is 2.58 bits per heavy atom. The zero-order valence-corrected chi connectivity index (χ0v) is 20.8. The van der Waals surface area contributed by atoms with E-state index in [0.29, 0.717) is 5.91 Å². The molecule has 0 aliphatic carbocycles. The van der Waals surface area contributed by atoms with Gasteiger partial charge in [0.15, 0.2) is 0 Å². The minimum absolute atomic E-state index is 0.114. The number of nitrogens with zero attached hydrogens (tertiary/aromatic N) is 5. The normalized spacial score (nSPS) is 18.3. The molecular formula is C25H30ClN5OS. The van der Waals surface area contributed by atoms with Gasteiger partial charge in [-0.2, -0.15) is 0 Å². The molecule has 4 heterocycles. The minimum atomic E-state index is 0.114. The van der Waals surface area contributed by atoms with Gasteiger partial charge in [0.25, 0.3) is 0 Å². The Kier molecular flexibility index (Phi) is 6.54. The number of rotatable bonds is 4. The first-order valence-electron chi connectivity index (χ1n) is 11.7. The zero-order valence-electron chi connectivity index (χ0n) is 19.3. The minimum Gasteiger partial charge on any atom is -0.356 e. The molecule has 0 bridgehead atoms. The Morgan fingerprint density at radius 2 is 1.85 bits per heavy atom. The number of thiophene rings is 1. The fourth-order valence-corrected chi connectivity index (χ4v) is 6.22. The summed E-state index contributed by atoms with van der Waals surface area (Å²) >= 11 is 7.85. The van der Waals surface area contributed by atoms with Crippen molar-refractivity contribution in [3.05, 3.63) is 51.6 Å². The summed E-state index contributed by atoms with van der Waals surface area (Å²) in [6, 6.07) is 8.04. The van der Waals surface area contributed by atoms with Gasteiger partial charge >= 0.3 is 0 Å². The fraction of sp³-hybridized carbons (Fsp3) is 0.480. The van der Waals surface area contributed by atoms with Crippen LogP contribution >= 0.6 is 22.9 Å². The maximum atomic E-state index is 13.2. The summed E-state index contributed by atoms with van der Waals surface area (Å²) in [4.78, 5) is 31.5. The molecule has 2 aliphatic heterocycles. The van der Waals surface area contributed by atoms with E-state index in [9.17, 15) is 4.79 Å². The van der Waals surface area contributed by atoms with Gasteiger partial charge in [0.1, 0.15) is 17.0 Å². The summed E-state index contributed by atoms with van der Waals surface area (Å²) in [6.45, 7) is 10.3. The zero-order chi connectivity index (χ0) is 22.9. The molecule has 0 saturated carbocycles. The maximum Gasteiger partial charge on any atom is 0.225 e. The van der Waals surface area contributed by atoms with Gasteiger partial charge in [-0.05, 0) is 49.9 Å². The van der Waals surface area contributed by atoms with Crippen molar-refractivity contribution < 1.29 is 4.79 Å². The maximum absolute atomic E-state index is 13.2. The number of piperazine rings is 1. The molecule has 5 rings (SSSR count). The van der Waals surface area contributed by atoms with Crippen molar-refractivity contribution in [2.45, 2.75) is 33.2 Å². The largest absolute Gasteiger partial charge is 0.356 e. The molecule has 1 amide bonds. The molecule has 8 heteroatoms. The van der Waals surface area contributed by atoms with Crippen LogP contribution in [0.25, 0.3) is 10.2 Å². The molecule has 0 unspecified atom stereocenters. The van der Waals surface area contributed by atoms with E-state index < -0.39 is 0 Å². The number of aromatic nitrogens is 2. The van der Waals surface area contributed by atoms with Gasteiger partial charge in [-0.3, -0.25) is 9.69 Å². The van der Waals surface area contributed by atoms with Gasteiger partial charge in [-0.15, -0.1) is 11.3 Å². The average Bonchev–Trinajstić information content (AvgIpc) is 3.13. The van der Waals surface area contributed by atoms with Crippen molar-refractivity contribution in [3.8, 4) is 0 Å². The van der Waals surface area contributed by atoms with Crippen molar-refractivity contribution in [1.82, 2.24) is 19.8 Å². The van der Waals surface area contributed by atoms with E-state index in [0.717, 1.165) is 74.3 Å². The standard InChI is InChI=1S/C25H30ClN5OS/c1-17-18(2)33-24-22(17)23(27-16-28-24)30-8-6-20(7-9-30)25(32)31-12-10-29(11-13-31)15-19-4-3-5-21(26)14-19/h3-5,14,16,20H,6-13,15H2,1-2H3. The number of anilines is 1. The number of hydrogen-bond acceptors (Lipinski definition) is 6. The Balaban J connectivity index is 1.16. The number of aryl methyl sites for hydroxylation is 2. The third kappa shape index (κ3) is 4.72. The molecule has 174 valence electrons. The lowest BCUT2D eigenvalue weighted by Gasteiger charge is -2.39. The quantitative estimate of drug-likeness (QED) is 0.546. The molecule has 6 nitrogen and oxygen atoms in total. The topological polar surface area (TPSA) is 52.6 Å². The van der Waals surface area contributed by atoms with E-state index in [1.54, 1.807) is 17.7 Å². The number of halogens is 1. The van der Waals surface area contributed by atoms with Crippen LogP contribution in [0.1, 0.15) is 28.8 Å². The molecule has 3 aromatic rings. The average molecular weight is 484 g/mol. The van der Waals surface area contributed by atoms with Crippen molar-refractivity contribution in [2.24, 2.45) is 5.92 Å². The van der Waals surface area contributed by atoms with Crippen LogP contribution in [-0.4, -0.2) is 64.9 Å². The monoisotopic (exact) mass is 483 g/mol. The smallest absolute Gasteiger partial charge is 0.225 e. The Hall–Kier alpha value is -2.22. The second kappa shape index (κ2) is 9.57. The van der Waals surface area contributed by atoms with Gasteiger partial charge in [-0.1, -0.05) is 23.7 Å². The van der Waals surface area contributed by atoms with Crippen molar-refractivity contribution in [1.29, 1.82) is 0 Å². The number of amides is 1. The van der Waals surface area contributed by atoms with Gasteiger partial charge in [0.05, 0.1) is 5.39 Å². The molecule has 2 aromatic heterocycles. The summed E-state index contributed by atoms with van der Waals surface area (Å²) in [7, 11) is 0. The van der Waals surface area contributed by atoms with E-state index in [1.165, 1.54) is 21.4 Å². The van der Waals surface area contributed by atoms with Crippen LogP contribution in [-0.2, 0) is 11.3 Å². The molecule has 0 spiro atoms. The number of carbonyl (C=O) groups excluding carboxylic acids is 1. The van der Waals surface area contributed by atoms with E-state index in [-0.39, 0.29) is 5.92 Å². The first kappa shape index (κ1) is 22.6. The molecule has 2 aliphatic rings. The SMILES string of the molecule is Cc1sc2ncnc(N3CCC(C(=O)N4CCN(Cc5cccc(Cl)c5)CC4)CC3)c2c1C. The van der Waals surface area contributed by atoms with Crippen LogP contribution in [0.2, 0.25) is 5.02 Å². The van der Waals surface area contributed by atoms with Crippen LogP contribution in [0.5, 0.6) is 0 Å². The van der Waals surface area contributed by atoms with Gasteiger partial charge in [-0.25, -0.2) is 9.97 Å². The van der Waals surface area contributed by atoms with E-state index in [2.05, 4.69) is 44.6 Å². The lowest BCUT2D eigenvalue weighted by Crippen LogP contribution is -2.51. The predicted molar refractivity (Wildman–Crippen MR) is 135 cm³/mol. The summed E-state index contributed by atoms with van der Waals surface area (Å²) in [6.07, 6.45) is 3.44. The summed E-state index contributed by atoms with van der Waals surface area (Å²) in [5.74, 6) is 1.47. The van der Waals surface area contributed by atoms with Crippen molar-refractivity contribution in [3.63, 3.8) is 0 Å². The molecule has 2 fully saturated rings. The molecule has 0 atom stereocenters. The van der Waals surface area contributed by atoms with Gasteiger partial charge in [0.2, 0.25) is 5.91 Å². The lowest BCUT2D eigenvalue weighted by molar-refractivity contribution is -0.138. The highest BCUT2D eigenvalue weighted by Gasteiger charge is 2.31. The molecule has 2 saturated heterocycles. The fourth-order valence-electron chi connectivity index (χ4n) is 5.02. The van der Waals surface area contributed by atoms with E-state index in [1.807, 2.05) is 18.2 Å². The highest BCUT2D eigenvalue weighted by Crippen LogP contribution is 2.35. The second-order valence-corrected chi connectivity index (χ2v) is 10.8. The van der Waals surface area contributed by atoms with Crippen LogP contribution in [0.15, 0.2) is 30.6 Å². The summed E-state index contributed by atoms with van der Waals surface area (Å²) in [5.41, 5.74) is 2.50. The van der Waals surface area contributed by atoms with E-state index in [4.69, 9.17) is 11.6 Å². The number of carbonyl (C=O) groups is 1. The number of fused-ring (bicyclic) bond motifs is 1. The van der Waals surface area contributed by atoms with Crippen LogP contribution in [0.4, 0.5) is 5.82 Å². The van der Waals surface area contributed by atoms with Gasteiger partial charge in [0, 0.05) is 61.6 Å². The molecule has 0 radical (unpaired) electrons. The molecular weight excluding hydrogens is 454 g/mol. The first-order chi connectivity index (χ1) is 16.0. The highest BCUT2D eigenvalue weighted by molar-refractivity contribution is 7.18. The van der Waals surface area contributed by atoms with Crippen LogP contribution in [0, 0.1) is 19.8 Å². The molecule has 1 aromatic carbocycles. The first-order valence-corrected chi connectivity index (χ1v) is 12.9. The number of benzene rings is 1. The highest BCUT2D eigenvalue weighted by atomic mass is 35.5. The summed E-state index contributed by atoms with van der Waals surface area (Å²) in [5, 5.41) is 1.96. The Labute approximate surface area is 204 Å².